The van der Waals surface area contributed by atoms with Gasteiger partial charge < -0.3 is 4.84 Å². The van der Waals surface area contributed by atoms with Crippen LogP contribution in [0.5, 0.6) is 0 Å². The van der Waals surface area contributed by atoms with Crippen molar-refractivity contribution in [2.75, 3.05) is 0 Å². The second-order valence-corrected chi connectivity index (χ2v) is 0.700. The Labute approximate surface area is 36.9 Å². The average molecular weight is 85.1 g/mol. The summed E-state index contributed by atoms with van der Waals surface area (Å²) < 4.78 is 0. The van der Waals surface area contributed by atoms with Crippen molar-refractivity contribution in [3.8, 4) is 0 Å². The first kappa shape index (κ1) is 5.24. The minimum absolute atomic E-state index is 1.34. The van der Waals surface area contributed by atoms with Gasteiger partial charge in [0.25, 0.3) is 0 Å². The summed E-state index contributed by atoms with van der Waals surface area (Å²) in [5.41, 5.74) is 0. The van der Waals surface area contributed by atoms with Crippen molar-refractivity contribution in [1.29, 1.82) is 0 Å². The summed E-state index contributed by atoms with van der Waals surface area (Å²) in [5.74, 6) is 4.58. The van der Waals surface area contributed by atoms with E-state index < -0.39 is 0 Å². The molecule has 0 saturated carbocycles. The Morgan fingerprint density at radius 1 is 1.67 bits per heavy atom. The summed E-state index contributed by atoms with van der Waals surface area (Å²) in [6.45, 7) is 3.38. The van der Waals surface area contributed by atoms with Gasteiger partial charge in [0.1, 0.15) is 6.26 Å². The number of rotatable bonds is 2. The molecule has 0 rings (SSSR count). The van der Waals surface area contributed by atoms with Gasteiger partial charge in [0.2, 0.25) is 0 Å². The van der Waals surface area contributed by atoms with E-state index in [9.17, 15) is 0 Å². The maximum atomic E-state index is 4.58. The molecule has 6 heavy (non-hydrogen) atoms. The van der Waals surface area contributed by atoms with Crippen LogP contribution in [0.4, 0.5) is 0 Å². The van der Waals surface area contributed by atoms with Gasteiger partial charge in [-0.2, -0.15) is 5.90 Å². The maximum absolute atomic E-state index is 4.58. The molecule has 2 heteroatoms. The molecule has 0 saturated heterocycles. The molecule has 0 atom stereocenters. The molecular weight excluding hydrogens is 78.0 g/mol. The van der Waals surface area contributed by atoms with E-state index in [4.69, 9.17) is 0 Å². The van der Waals surface area contributed by atoms with E-state index in [2.05, 4.69) is 17.3 Å². The minimum atomic E-state index is 1.34. The normalized spacial score (nSPS) is 8.83. The van der Waals surface area contributed by atoms with Gasteiger partial charge in [-0.25, -0.2) is 0 Å². The van der Waals surface area contributed by atoms with Gasteiger partial charge in [-0.3, -0.25) is 0 Å². The second-order valence-electron chi connectivity index (χ2n) is 0.700. The number of hydrogen-bond donors (Lipinski definition) is 1. The smallest absolute Gasteiger partial charge is 0.110 e. The highest BCUT2D eigenvalue weighted by molar-refractivity contribution is 4.92. The van der Waals surface area contributed by atoms with E-state index >= 15 is 0 Å². The van der Waals surface area contributed by atoms with E-state index in [1.807, 2.05) is 0 Å². The van der Waals surface area contributed by atoms with Gasteiger partial charge in [-0.1, -0.05) is 12.7 Å². The monoisotopic (exact) mass is 85.1 g/mol. The fourth-order valence-corrected chi connectivity index (χ4v) is 0.101. The lowest BCUT2D eigenvalue weighted by atomic mass is 10.6. The lowest BCUT2D eigenvalue weighted by molar-refractivity contribution is 0.261. The number of nitrogens with two attached hydrogens (primary N) is 1. The summed E-state index contributed by atoms with van der Waals surface area (Å²) in [5, 5.41) is 0. The van der Waals surface area contributed by atoms with E-state index in [1.54, 1.807) is 12.2 Å². The van der Waals surface area contributed by atoms with Crippen molar-refractivity contribution in [3.05, 3.63) is 25.0 Å². The van der Waals surface area contributed by atoms with Crippen LogP contribution in [-0.4, -0.2) is 0 Å². The lowest BCUT2D eigenvalue weighted by Crippen LogP contribution is -1.86. The molecule has 0 spiro atoms. The molecule has 0 radical (unpaired) electrons. The predicted octanol–water partition coefficient (Wildman–Crippen LogP) is 0.576. The molecule has 0 bridgehead atoms. The molecule has 0 heterocycles. The van der Waals surface area contributed by atoms with E-state index in [-0.39, 0.29) is 0 Å². The Morgan fingerprint density at radius 2 is 2.33 bits per heavy atom. The Bertz CT molecular complexity index is 58.6. The summed E-state index contributed by atoms with van der Waals surface area (Å²) in [6, 6.07) is 0. The zero-order valence-corrected chi connectivity index (χ0v) is 3.42. The van der Waals surface area contributed by atoms with Crippen molar-refractivity contribution in [3.63, 3.8) is 0 Å². The average Bonchev–Trinajstić information content (AvgIpc) is 1.61. The van der Waals surface area contributed by atoms with Gasteiger partial charge in [0, 0.05) is 0 Å². The van der Waals surface area contributed by atoms with Crippen LogP contribution in [0.1, 0.15) is 0 Å². The Hall–Kier alpha value is -0.760. The molecule has 0 aromatic heterocycles. The summed E-state index contributed by atoms with van der Waals surface area (Å²) in [6.07, 6.45) is 4.51. The topological polar surface area (TPSA) is 35.2 Å². The number of hydrogen-bond acceptors (Lipinski definition) is 2. The second kappa shape index (κ2) is 4.24. The third-order valence-electron chi connectivity index (χ3n) is 0.293. The molecular formula is C4H7NO. The lowest BCUT2D eigenvalue weighted by Gasteiger charge is -1.77. The summed E-state index contributed by atoms with van der Waals surface area (Å²) in [7, 11) is 0. The van der Waals surface area contributed by atoms with Crippen LogP contribution in [0.15, 0.2) is 25.0 Å². The molecule has 2 nitrogen and oxygen atoms in total. The molecule has 0 aliphatic carbocycles. The Balaban J connectivity index is 2.94. The summed E-state index contributed by atoms with van der Waals surface area (Å²) in [4.78, 5) is 4.03. The van der Waals surface area contributed by atoms with E-state index in [1.165, 1.54) is 6.26 Å². The van der Waals surface area contributed by atoms with Crippen LogP contribution >= 0.6 is 0 Å². The van der Waals surface area contributed by atoms with E-state index in [0.29, 0.717) is 0 Å². The van der Waals surface area contributed by atoms with Gasteiger partial charge in [0.05, 0.1) is 0 Å². The van der Waals surface area contributed by atoms with Gasteiger partial charge >= 0.3 is 0 Å². The van der Waals surface area contributed by atoms with Crippen LogP contribution in [0.3, 0.4) is 0 Å². The molecule has 0 unspecified atom stereocenters. The standard InChI is InChI=1S/C4H7NO/c1-2-3-4-6-5/h2-4H,1,5H2. The van der Waals surface area contributed by atoms with Crippen LogP contribution in [0.2, 0.25) is 0 Å². The van der Waals surface area contributed by atoms with Crippen LogP contribution in [0.25, 0.3) is 0 Å². The van der Waals surface area contributed by atoms with E-state index in [0.717, 1.165) is 0 Å². The van der Waals surface area contributed by atoms with Gasteiger partial charge in [-0.15, -0.1) is 0 Å². The van der Waals surface area contributed by atoms with Crippen LogP contribution < -0.4 is 5.90 Å². The van der Waals surface area contributed by atoms with Gasteiger partial charge in [0.15, 0.2) is 0 Å². The zero-order valence-electron chi connectivity index (χ0n) is 3.42. The molecule has 0 fully saturated rings. The highest BCUT2D eigenvalue weighted by atomic mass is 16.6. The molecule has 0 aromatic rings. The fourth-order valence-electron chi connectivity index (χ4n) is 0.101. The third kappa shape index (κ3) is 3.24. The highest BCUT2D eigenvalue weighted by Crippen LogP contribution is 1.66. The van der Waals surface area contributed by atoms with Crippen molar-refractivity contribution in [2.45, 2.75) is 0 Å². The predicted molar refractivity (Wildman–Crippen MR) is 24.6 cm³/mol. The van der Waals surface area contributed by atoms with Crippen molar-refractivity contribution in [2.24, 2.45) is 5.90 Å². The molecule has 0 aliphatic rings. The quantitative estimate of drug-likeness (QED) is 0.302. The molecule has 0 amide bonds. The van der Waals surface area contributed by atoms with Crippen molar-refractivity contribution in [1.82, 2.24) is 0 Å². The minimum Gasteiger partial charge on any atom is -0.419 e. The SMILES string of the molecule is C=CC=CON. The Morgan fingerprint density at radius 3 is 2.50 bits per heavy atom. The molecule has 0 aromatic carbocycles. The molecule has 2 N–H and O–H groups in total. The fraction of sp³-hybridized carbons (Fsp3) is 0. The first-order chi connectivity index (χ1) is 2.91. The molecule has 34 valence electrons. The maximum Gasteiger partial charge on any atom is 0.110 e. The first-order valence-corrected chi connectivity index (χ1v) is 1.55. The van der Waals surface area contributed by atoms with Crippen molar-refractivity contribution < 1.29 is 4.84 Å². The Kier molecular flexibility index (Phi) is 3.70. The van der Waals surface area contributed by atoms with Crippen molar-refractivity contribution >= 4 is 0 Å². The van der Waals surface area contributed by atoms with Crippen LogP contribution in [-0.2, 0) is 4.84 Å². The largest absolute Gasteiger partial charge is 0.419 e. The highest BCUT2D eigenvalue weighted by Gasteiger charge is 1.52. The van der Waals surface area contributed by atoms with Gasteiger partial charge in [-0.05, 0) is 6.08 Å². The summed E-state index contributed by atoms with van der Waals surface area (Å²) >= 11 is 0. The first-order valence-electron chi connectivity index (χ1n) is 1.55. The zero-order chi connectivity index (χ0) is 4.83. The molecule has 0 aliphatic heterocycles. The third-order valence-corrected chi connectivity index (χ3v) is 0.293. The number of allylic oxidation sites excluding steroid dienone is 2. The van der Waals surface area contributed by atoms with Crippen LogP contribution in [0, 0.1) is 0 Å².